The summed E-state index contributed by atoms with van der Waals surface area (Å²) in [5.74, 6) is -0.579. The van der Waals surface area contributed by atoms with Crippen LogP contribution in [0.4, 0.5) is 0 Å². The van der Waals surface area contributed by atoms with Gasteiger partial charge >= 0.3 is 0 Å². The Morgan fingerprint density at radius 3 is 2.88 bits per heavy atom. The van der Waals surface area contributed by atoms with Crippen LogP contribution in [0.1, 0.15) is 66.7 Å². The van der Waals surface area contributed by atoms with Crippen molar-refractivity contribution in [3.8, 4) is 0 Å². The first-order chi connectivity index (χ1) is 12.2. The Morgan fingerprint density at radius 2 is 2.23 bits per heavy atom. The Kier molecular flexibility index (Phi) is 5.64. The van der Waals surface area contributed by atoms with Crippen molar-refractivity contribution in [3.63, 3.8) is 0 Å². The van der Waals surface area contributed by atoms with Gasteiger partial charge in [0.1, 0.15) is 0 Å². The lowest BCUT2D eigenvalue weighted by atomic mass is 9.68. The summed E-state index contributed by atoms with van der Waals surface area (Å²) >= 11 is 0. The lowest BCUT2D eigenvalue weighted by molar-refractivity contribution is -0.293. The Bertz CT molecular complexity index is 609. The average Bonchev–Trinajstić information content (AvgIpc) is 2.94. The van der Waals surface area contributed by atoms with Crippen molar-refractivity contribution in [1.29, 1.82) is 0 Å². The van der Waals surface area contributed by atoms with E-state index in [4.69, 9.17) is 4.74 Å². The van der Waals surface area contributed by atoms with Gasteiger partial charge in [-0.25, -0.2) is 0 Å². The normalized spacial score (nSPS) is 41.0. The molecule has 0 aromatic carbocycles. The number of carbonyl (C=O) groups is 1. The highest BCUT2D eigenvalue weighted by molar-refractivity contribution is 5.82. The molecule has 2 saturated heterocycles. The van der Waals surface area contributed by atoms with Crippen molar-refractivity contribution < 1.29 is 14.6 Å². The van der Waals surface area contributed by atoms with Crippen molar-refractivity contribution in [2.45, 2.75) is 84.7 Å². The zero-order valence-corrected chi connectivity index (χ0v) is 16.9. The van der Waals surface area contributed by atoms with E-state index in [1.807, 2.05) is 6.92 Å². The molecule has 2 aliphatic heterocycles. The number of nitrogens with one attached hydrogen (secondary N) is 1. The number of amides is 1. The number of aliphatic hydroxyl groups is 1. The molecule has 1 amide bonds. The standard InChI is InChI=1S/C22H35NO3/c1-6-15(5)20-18-10-14(4)7-8-16(18)12-22(25,26-20)19-11-17(9-13(2)3)23-21(19)24/h6-7,13,16-20,25H,8-12H2,1-5H3,(H,23,24)/b15-6+/t16-,17+,18+,19-,20-,22-/m1/s1. The van der Waals surface area contributed by atoms with Crippen LogP contribution in [0.5, 0.6) is 0 Å². The molecule has 4 nitrogen and oxygen atoms in total. The zero-order chi connectivity index (χ0) is 19.1. The van der Waals surface area contributed by atoms with Crippen molar-refractivity contribution in [1.82, 2.24) is 5.32 Å². The third-order valence-electron chi connectivity index (χ3n) is 6.59. The van der Waals surface area contributed by atoms with Gasteiger partial charge < -0.3 is 15.2 Å². The van der Waals surface area contributed by atoms with Gasteiger partial charge in [0, 0.05) is 12.5 Å². The summed E-state index contributed by atoms with van der Waals surface area (Å²) in [6, 6.07) is 0.146. The molecule has 0 aromatic heterocycles. The zero-order valence-electron chi connectivity index (χ0n) is 16.9. The SMILES string of the molecule is C/C=C(\C)[C@H]1O[C@@](O)([C@@H]2C[C@H](CC(C)C)NC2=O)C[C@H]2CC=C(C)C[C@@H]21. The molecule has 0 bridgehead atoms. The molecule has 0 spiro atoms. The lowest BCUT2D eigenvalue weighted by Gasteiger charge is -2.50. The van der Waals surface area contributed by atoms with E-state index < -0.39 is 11.7 Å². The van der Waals surface area contributed by atoms with Crippen LogP contribution in [0.3, 0.4) is 0 Å². The van der Waals surface area contributed by atoms with Crippen molar-refractivity contribution in [2.75, 3.05) is 0 Å². The van der Waals surface area contributed by atoms with E-state index in [0.717, 1.165) is 24.8 Å². The topological polar surface area (TPSA) is 58.6 Å². The molecule has 0 radical (unpaired) electrons. The average molecular weight is 362 g/mol. The van der Waals surface area contributed by atoms with Gasteiger partial charge in [-0.3, -0.25) is 4.79 Å². The number of fused-ring (bicyclic) bond motifs is 1. The van der Waals surface area contributed by atoms with Gasteiger partial charge in [0.15, 0.2) is 5.79 Å². The molecule has 4 heteroatoms. The highest BCUT2D eigenvalue weighted by atomic mass is 16.6. The number of carbonyl (C=O) groups excluding carboxylic acids is 1. The van der Waals surface area contributed by atoms with Gasteiger partial charge in [-0.2, -0.15) is 0 Å². The molecule has 26 heavy (non-hydrogen) atoms. The van der Waals surface area contributed by atoms with Crippen LogP contribution in [0.2, 0.25) is 0 Å². The van der Waals surface area contributed by atoms with E-state index >= 15 is 0 Å². The van der Waals surface area contributed by atoms with E-state index in [9.17, 15) is 9.90 Å². The number of rotatable bonds is 4. The van der Waals surface area contributed by atoms with Gasteiger partial charge in [0.05, 0.1) is 12.0 Å². The molecule has 6 atom stereocenters. The minimum Gasteiger partial charge on any atom is -0.365 e. The fourth-order valence-electron chi connectivity index (χ4n) is 5.15. The molecule has 2 fully saturated rings. The fourth-order valence-corrected chi connectivity index (χ4v) is 5.15. The van der Waals surface area contributed by atoms with Gasteiger partial charge in [0.2, 0.25) is 5.91 Å². The Hall–Kier alpha value is -1.13. The van der Waals surface area contributed by atoms with E-state index in [1.165, 1.54) is 5.57 Å². The molecule has 2 heterocycles. The van der Waals surface area contributed by atoms with Crippen LogP contribution >= 0.6 is 0 Å². The summed E-state index contributed by atoms with van der Waals surface area (Å²) in [4.78, 5) is 12.7. The Morgan fingerprint density at radius 1 is 1.50 bits per heavy atom. The van der Waals surface area contributed by atoms with Crippen molar-refractivity contribution >= 4 is 5.91 Å². The number of allylic oxidation sites excluding steroid dienone is 3. The molecular formula is C22H35NO3. The van der Waals surface area contributed by atoms with E-state index in [2.05, 4.69) is 45.2 Å². The highest BCUT2D eigenvalue weighted by Crippen LogP contribution is 2.49. The number of hydrogen-bond acceptors (Lipinski definition) is 3. The summed E-state index contributed by atoms with van der Waals surface area (Å²) in [5, 5.41) is 14.6. The van der Waals surface area contributed by atoms with Crippen LogP contribution in [-0.2, 0) is 9.53 Å². The van der Waals surface area contributed by atoms with Gasteiger partial charge in [-0.05, 0) is 69.8 Å². The van der Waals surface area contributed by atoms with Crippen LogP contribution < -0.4 is 5.32 Å². The molecule has 0 unspecified atom stereocenters. The molecule has 2 N–H and O–H groups in total. The highest BCUT2D eigenvalue weighted by Gasteiger charge is 2.55. The largest absolute Gasteiger partial charge is 0.365 e. The molecule has 3 aliphatic rings. The first-order valence-electron chi connectivity index (χ1n) is 10.2. The second-order valence-corrected chi connectivity index (χ2v) is 9.16. The molecule has 0 aromatic rings. The van der Waals surface area contributed by atoms with E-state index in [1.54, 1.807) is 0 Å². The third-order valence-corrected chi connectivity index (χ3v) is 6.59. The molecular weight excluding hydrogens is 326 g/mol. The van der Waals surface area contributed by atoms with Gasteiger partial charge in [0.25, 0.3) is 0 Å². The number of ether oxygens (including phenoxy) is 1. The van der Waals surface area contributed by atoms with Crippen molar-refractivity contribution in [3.05, 3.63) is 23.3 Å². The second-order valence-electron chi connectivity index (χ2n) is 9.16. The summed E-state index contributed by atoms with van der Waals surface area (Å²) in [7, 11) is 0. The monoisotopic (exact) mass is 361 g/mol. The van der Waals surface area contributed by atoms with Crippen LogP contribution in [0.25, 0.3) is 0 Å². The summed E-state index contributed by atoms with van der Waals surface area (Å²) in [5.41, 5.74) is 2.56. The smallest absolute Gasteiger partial charge is 0.228 e. The second kappa shape index (κ2) is 7.47. The van der Waals surface area contributed by atoms with Crippen LogP contribution in [0.15, 0.2) is 23.3 Å². The Balaban J connectivity index is 1.84. The molecule has 3 rings (SSSR count). The Labute approximate surface area is 158 Å². The maximum atomic E-state index is 12.7. The first kappa shape index (κ1) is 19.6. The molecule has 146 valence electrons. The summed E-state index contributed by atoms with van der Waals surface area (Å²) < 4.78 is 6.35. The van der Waals surface area contributed by atoms with Gasteiger partial charge in [-0.15, -0.1) is 0 Å². The molecule has 1 aliphatic carbocycles. The van der Waals surface area contributed by atoms with Crippen LogP contribution in [-0.4, -0.2) is 28.9 Å². The minimum atomic E-state index is -1.36. The maximum Gasteiger partial charge on any atom is 0.228 e. The number of hydrogen-bond donors (Lipinski definition) is 2. The predicted molar refractivity (Wildman–Crippen MR) is 103 cm³/mol. The van der Waals surface area contributed by atoms with Crippen molar-refractivity contribution in [2.24, 2.45) is 23.7 Å². The van der Waals surface area contributed by atoms with Gasteiger partial charge in [-0.1, -0.05) is 31.6 Å². The predicted octanol–water partition coefficient (Wildman–Crippen LogP) is 3.95. The summed E-state index contributed by atoms with van der Waals surface area (Å²) in [6.07, 6.45) is 8.43. The van der Waals surface area contributed by atoms with Crippen LogP contribution in [0, 0.1) is 23.7 Å². The fraction of sp³-hybridized carbons (Fsp3) is 0.773. The first-order valence-corrected chi connectivity index (χ1v) is 10.2. The quantitative estimate of drug-likeness (QED) is 0.745. The lowest BCUT2D eigenvalue weighted by Crippen LogP contribution is -2.55. The van der Waals surface area contributed by atoms with E-state index in [0.29, 0.717) is 30.6 Å². The molecule has 0 saturated carbocycles. The third kappa shape index (κ3) is 3.77. The maximum absolute atomic E-state index is 12.7. The van der Waals surface area contributed by atoms with E-state index in [-0.39, 0.29) is 18.1 Å². The summed E-state index contributed by atoms with van der Waals surface area (Å²) in [6.45, 7) is 10.6. The minimum absolute atomic E-state index is 0.0454.